The van der Waals surface area contributed by atoms with Gasteiger partial charge < -0.3 is 14.6 Å². The SMILES string of the molecule is COc1ccc(C(Cc2cccc(Oc3ccccc3)c2)(C(=O)O)C(C)C)cc1. The summed E-state index contributed by atoms with van der Waals surface area (Å²) in [5.74, 6) is 1.17. The molecule has 0 bridgehead atoms. The summed E-state index contributed by atoms with van der Waals surface area (Å²) >= 11 is 0. The van der Waals surface area contributed by atoms with Gasteiger partial charge in [-0.05, 0) is 59.9 Å². The molecule has 0 saturated heterocycles. The Morgan fingerprint density at radius 2 is 1.55 bits per heavy atom. The van der Waals surface area contributed by atoms with E-state index in [0.717, 1.165) is 16.9 Å². The van der Waals surface area contributed by atoms with Crippen molar-refractivity contribution in [3.05, 3.63) is 90.0 Å². The Balaban J connectivity index is 1.95. The number of methoxy groups -OCH3 is 1. The highest BCUT2D eigenvalue weighted by Crippen LogP contribution is 2.38. The zero-order valence-corrected chi connectivity index (χ0v) is 17.0. The van der Waals surface area contributed by atoms with Crippen LogP contribution in [0.2, 0.25) is 0 Å². The molecule has 0 aliphatic heterocycles. The van der Waals surface area contributed by atoms with Gasteiger partial charge in [0.2, 0.25) is 0 Å². The molecule has 0 radical (unpaired) electrons. The van der Waals surface area contributed by atoms with Crippen molar-refractivity contribution in [3.8, 4) is 17.2 Å². The number of carboxylic acids is 1. The molecular formula is C25H26O4. The monoisotopic (exact) mass is 390 g/mol. The van der Waals surface area contributed by atoms with Crippen LogP contribution in [0.5, 0.6) is 17.2 Å². The van der Waals surface area contributed by atoms with Crippen molar-refractivity contribution in [3.63, 3.8) is 0 Å². The number of para-hydroxylation sites is 1. The molecule has 0 aliphatic rings. The van der Waals surface area contributed by atoms with Crippen molar-refractivity contribution < 1.29 is 19.4 Å². The first-order valence-corrected chi connectivity index (χ1v) is 9.65. The van der Waals surface area contributed by atoms with Crippen molar-refractivity contribution in [2.45, 2.75) is 25.7 Å². The number of ether oxygens (including phenoxy) is 2. The quantitative estimate of drug-likeness (QED) is 0.535. The third kappa shape index (κ3) is 4.43. The van der Waals surface area contributed by atoms with Crippen LogP contribution in [0.4, 0.5) is 0 Å². The fourth-order valence-corrected chi connectivity index (χ4v) is 3.64. The molecule has 0 heterocycles. The van der Waals surface area contributed by atoms with Crippen molar-refractivity contribution in [1.29, 1.82) is 0 Å². The molecule has 0 aliphatic carbocycles. The van der Waals surface area contributed by atoms with E-state index < -0.39 is 11.4 Å². The Kier molecular flexibility index (Phi) is 6.23. The van der Waals surface area contributed by atoms with Gasteiger partial charge in [0.1, 0.15) is 17.2 Å². The second-order valence-corrected chi connectivity index (χ2v) is 7.40. The molecule has 4 heteroatoms. The Labute approximate surface area is 171 Å². The van der Waals surface area contributed by atoms with Crippen molar-refractivity contribution >= 4 is 5.97 Å². The Hall–Kier alpha value is -3.27. The van der Waals surface area contributed by atoms with E-state index in [2.05, 4.69) is 0 Å². The topological polar surface area (TPSA) is 55.8 Å². The van der Waals surface area contributed by atoms with Crippen LogP contribution in [0, 0.1) is 5.92 Å². The van der Waals surface area contributed by atoms with Gasteiger partial charge in [0, 0.05) is 0 Å². The number of aliphatic carboxylic acids is 1. The van der Waals surface area contributed by atoms with Gasteiger partial charge in [0.15, 0.2) is 0 Å². The van der Waals surface area contributed by atoms with Crippen molar-refractivity contribution in [2.75, 3.05) is 7.11 Å². The van der Waals surface area contributed by atoms with Crippen molar-refractivity contribution in [2.24, 2.45) is 5.92 Å². The fourth-order valence-electron chi connectivity index (χ4n) is 3.64. The lowest BCUT2D eigenvalue weighted by molar-refractivity contribution is -0.145. The highest BCUT2D eigenvalue weighted by atomic mass is 16.5. The first-order chi connectivity index (χ1) is 14.0. The summed E-state index contributed by atoms with van der Waals surface area (Å²) in [6.07, 6.45) is 0.359. The minimum Gasteiger partial charge on any atom is -0.497 e. The van der Waals surface area contributed by atoms with E-state index in [1.807, 2.05) is 92.7 Å². The van der Waals surface area contributed by atoms with E-state index in [-0.39, 0.29) is 5.92 Å². The molecule has 1 atom stereocenters. The van der Waals surface area contributed by atoms with Gasteiger partial charge in [-0.2, -0.15) is 0 Å². The van der Waals surface area contributed by atoms with E-state index in [0.29, 0.717) is 17.9 Å². The maximum absolute atomic E-state index is 12.5. The lowest BCUT2D eigenvalue weighted by Gasteiger charge is -2.34. The maximum atomic E-state index is 12.5. The summed E-state index contributed by atoms with van der Waals surface area (Å²) in [7, 11) is 1.60. The third-order valence-corrected chi connectivity index (χ3v) is 5.33. The number of hydrogen-bond acceptors (Lipinski definition) is 3. The zero-order valence-electron chi connectivity index (χ0n) is 17.0. The highest BCUT2D eigenvalue weighted by molar-refractivity contribution is 5.82. The number of carboxylic acid groups (broad SMARTS) is 1. The molecule has 1 N–H and O–H groups in total. The number of carbonyl (C=O) groups is 1. The summed E-state index contributed by atoms with van der Waals surface area (Å²) in [5, 5.41) is 10.3. The molecule has 1 unspecified atom stereocenters. The van der Waals surface area contributed by atoms with Gasteiger partial charge in [0.05, 0.1) is 12.5 Å². The van der Waals surface area contributed by atoms with Crippen LogP contribution in [0.3, 0.4) is 0 Å². The summed E-state index contributed by atoms with van der Waals surface area (Å²) in [6, 6.07) is 24.5. The molecule has 4 nitrogen and oxygen atoms in total. The predicted octanol–water partition coefficient (Wildman–Crippen LogP) is 5.71. The molecular weight excluding hydrogens is 364 g/mol. The standard InChI is InChI=1S/C25H26O4/c1-18(2)25(24(26)27,20-12-14-21(28-3)15-13-20)17-19-8-7-11-23(16-19)29-22-9-5-4-6-10-22/h4-16,18H,17H2,1-3H3,(H,26,27). The first-order valence-electron chi connectivity index (χ1n) is 9.65. The third-order valence-electron chi connectivity index (χ3n) is 5.33. The van der Waals surface area contributed by atoms with Gasteiger partial charge in [-0.1, -0.05) is 56.3 Å². The van der Waals surface area contributed by atoms with Gasteiger partial charge >= 0.3 is 5.97 Å². The van der Waals surface area contributed by atoms with E-state index in [1.165, 1.54) is 0 Å². The summed E-state index contributed by atoms with van der Waals surface area (Å²) in [4.78, 5) is 12.5. The van der Waals surface area contributed by atoms with E-state index in [4.69, 9.17) is 9.47 Å². The second-order valence-electron chi connectivity index (χ2n) is 7.40. The highest BCUT2D eigenvalue weighted by Gasteiger charge is 2.43. The molecule has 0 amide bonds. The van der Waals surface area contributed by atoms with Gasteiger partial charge in [-0.3, -0.25) is 4.79 Å². The molecule has 3 aromatic carbocycles. The smallest absolute Gasteiger partial charge is 0.314 e. The van der Waals surface area contributed by atoms with E-state index in [1.54, 1.807) is 7.11 Å². The number of rotatable bonds is 8. The number of benzene rings is 3. The average Bonchev–Trinajstić information content (AvgIpc) is 2.73. The van der Waals surface area contributed by atoms with Gasteiger partial charge in [-0.25, -0.2) is 0 Å². The number of hydrogen-bond donors (Lipinski definition) is 1. The lowest BCUT2D eigenvalue weighted by Crippen LogP contribution is -2.43. The normalized spacial score (nSPS) is 13.0. The van der Waals surface area contributed by atoms with Crippen LogP contribution in [0.15, 0.2) is 78.9 Å². The van der Waals surface area contributed by atoms with Crippen LogP contribution in [0.25, 0.3) is 0 Å². The van der Waals surface area contributed by atoms with Crippen LogP contribution in [0.1, 0.15) is 25.0 Å². The predicted molar refractivity (Wildman–Crippen MR) is 114 cm³/mol. The molecule has 3 aromatic rings. The van der Waals surface area contributed by atoms with Crippen molar-refractivity contribution in [1.82, 2.24) is 0 Å². The minimum atomic E-state index is -1.06. The summed E-state index contributed by atoms with van der Waals surface area (Å²) in [6.45, 7) is 3.89. The molecule has 150 valence electrons. The molecule has 3 rings (SSSR count). The Morgan fingerprint density at radius 1 is 0.897 bits per heavy atom. The maximum Gasteiger partial charge on any atom is 0.314 e. The Morgan fingerprint density at radius 3 is 2.14 bits per heavy atom. The van der Waals surface area contributed by atoms with Crippen LogP contribution >= 0.6 is 0 Å². The largest absolute Gasteiger partial charge is 0.497 e. The Bertz CT molecular complexity index is 948. The van der Waals surface area contributed by atoms with Crippen LogP contribution in [-0.4, -0.2) is 18.2 Å². The lowest BCUT2D eigenvalue weighted by atomic mass is 9.68. The van der Waals surface area contributed by atoms with E-state index in [9.17, 15) is 9.90 Å². The van der Waals surface area contributed by atoms with Crippen LogP contribution in [-0.2, 0) is 16.6 Å². The van der Waals surface area contributed by atoms with Gasteiger partial charge in [-0.15, -0.1) is 0 Å². The minimum absolute atomic E-state index is 0.118. The molecule has 0 saturated carbocycles. The zero-order chi connectivity index (χ0) is 20.9. The van der Waals surface area contributed by atoms with Crippen LogP contribution < -0.4 is 9.47 Å². The average molecular weight is 390 g/mol. The summed E-state index contributed by atoms with van der Waals surface area (Å²) in [5.41, 5.74) is 0.609. The second kappa shape index (κ2) is 8.82. The fraction of sp³-hybridized carbons (Fsp3) is 0.240. The van der Waals surface area contributed by atoms with E-state index >= 15 is 0 Å². The molecule has 0 aromatic heterocycles. The molecule has 29 heavy (non-hydrogen) atoms. The summed E-state index contributed by atoms with van der Waals surface area (Å²) < 4.78 is 11.2. The van der Waals surface area contributed by atoms with Gasteiger partial charge in [0.25, 0.3) is 0 Å². The molecule has 0 spiro atoms. The first kappa shape index (κ1) is 20.5. The molecule has 0 fully saturated rings.